The van der Waals surface area contributed by atoms with Crippen LogP contribution < -0.4 is 10.1 Å². The van der Waals surface area contributed by atoms with Gasteiger partial charge >= 0.3 is 0 Å². The molecule has 3 aliphatic rings. The zero-order chi connectivity index (χ0) is 14.1. The van der Waals surface area contributed by atoms with E-state index in [-0.39, 0.29) is 0 Å². The fourth-order valence-corrected chi connectivity index (χ4v) is 4.44. The van der Waals surface area contributed by atoms with Crippen LogP contribution in [-0.2, 0) is 0 Å². The van der Waals surface area contributed by atoms with Gasteiger partial charge in [-0.25, -0.2) is 0 Å². The summed E-state index contributed by atoms with van der Waals surface area (Å²) in [5, 5.41) is 3.89. The molecule has 1 N–H and O–H groups in total. The van der Waals surface area contributed by atoms with E-state index in [0.29, 0.717) is 11.6 Å². The quantitative estimate of drug-likeness (QED) is 0.858. The second kappa shape index (κ2) is 5.62. The van der Waals surface area contributed by atoms with E-state index in [0.717, 1.165) is 12.4 Å². The molecule has 3 heteroatoms. The van der Waals surface area contributed by atoms with E-state index >= 15 is 0 Å². The first-order valence-corrected chi connectivity index (χ1v) is 8.57. The Balaban J connectivity index is 1.57. The van der Waals surface area contributed by atoms with Gasteiger partial charge in [0.15, 0.2) is 0 Å². The largest absolute Gasteiger partial charge is 0.491 e. The zero-order valence-electron chi connectivity index (χ0n) is 12.8. The molecule has 0 amide bonds. The molecule has 4 rings (SSSR count). The van der Waals surface area contributed by atoms with E-state index in [1.54, 1.807) is 0 Å². The summed E-state index contributed by atoms with van der Waals surface area (Å²) in [5.74, 6) is 1.09. The first-order valence-electron chi connectivity index (χ1n) is 8.57. The molecule has 3 nitrogen and oxygen atoms in total. The van der Waals surface area contributed by atoms with Gasteiger partial charge in [0, 0.05) is 24.2 Å². The minimum absolute atomic E-state index is 0.367. The lowest BCUT2D eigenvalue weighted by Gasteiger charge is -2.41. The van der Waals surface area contributed by atoms with Gasteiger partial charge in [0.1, 0.15) is 12.4 Å². The van der Waals surface area contributed by atoms with Crippen LogP contribution in [0.25, 0.3) is 0 Å². The van der Waals surface area contributed by atoms with Crippen molar-refractivity contribution in [2.24, 2.45) is 0 Å². The number of benzene rings is 1. The van der Waals surface area contributed by atoms with Gasteiger partial charge < -0.3 is 10.1 Å². The van der Waals surface area contributed by atoms with Crippen molar-refractivity contribution in [1.29, 1.82) is 0 Å². The summed E-state index contributed by atoms with van der Waals surface area (Å²) in [4.78, 5) is 2.69. The average Bonchev–Trinajstić information content (AvgIpc) is 2.86. The lowest BCUT2D eigenvalue weighted by atomic mass is 9.81. The molecule has 1 atom stereocenters. The highest BCUT2D eigenvalue weighted by Crippen LogP contribution is 2.39. The van der Waals surface area contributed by atoms with Crippen molar-refractivity contribution in [1.82, 2.24) is 10.2 Å². The Kier molecular flexibility index (Phi) is 3.64. The predicted molar refractivity (Wildman–Crippen MR) is 84.7 cm³/mol. The van der Waals surface area contributed by atoms with Gasteiger partial charge in [0.2, 0.25) is 0 Å². The summed E-state index contributed by atoms with van der Waals surface area (Å²) in [5.41, 5.74) is 1.76. The molecule has 1 spiro atoms. The average molecular weight is 286 g/mol. The number of hydrogen-bond acceptors (Lipinski definition) is 3. The van der Waals surface area contributed by atoms with E-state index in [2.05, 4.69) is 34.5 Å². The Morgan fingerprint density at radius 3 is 2.86 bits per heavy atom. The normalized spacial score (nSPS) is 28.9. The molecule has 21 heavy (non-hydrogen) atoms. The third-order valence-corrected chi connectivity index (χ3v) is 5.55. The monoisotopic (exact) mass is 286 g/mol. The van der Waals surface area contributed by atoms with Crippen molar-refractivity contribution in [3.8, 4) is 5.75 Å². The molecule has 0 aromatic heterocycles. The smallest absolute Gasteiger partial charge is 0.124 e. The second-order valence-corrected chi connectivity index (χ2v) is 6.96. The van der Waals surface area contributed by atoms with E-state index < -0.39 is 0 Å². The van der Waals surface area contributed by atoms with Gasteiger partial charge in [-0.15, -0.1) is 0 Å². The molecule has 114 valence electrons. The molecule has 1 saturated heterocycles. The van der Waals surface area contributed by atoms with Crippen LogP contribution in [0.4, 0.5) is 0 Å². The predicted octanol–water partition coefficient (Wildman–Crippen LogP) is 3.12. The van der Waals surface area contributed by atoms with Crippen molar-refractivity contribution in [3.05, 3.63) is 29.8 Å². The molecule has 0 radical (unpaired) electrons. The maximum Gasteiger partial charge on any atom is 0.124 e. The SMILES string of the molecule is c1ccc2c(c1)OCC2N1CCCNC2(CCCCC2)C1. The number of nitrogens with one attached hydrogen (secondary N) is 1. The molecule has 1 saturated carbocycles. The number of nitrogens with zero attached hydrogens (tertiary/aromatic N) is 1. The molecule has 0 bridgehead atoms. The summed E-state index contributed by atoms with van der Waals surface area (Å²) < 4.78 is 5.92. The maximum absolute atomic E-state index is 5.92. The maximum atomic E-state index is 5.92. The van der Waals surface area contributed by atoms with Crippen LogP contribution in [0.15, 0.2) is 24.3 Å². The van der Waals surface area contributed by atoms with E-state index in [9.17, 15) is 0 Å². The molecular weight excluding hydrogens is 260 g/mol. The van der Waals surface area contributed by atoms with Crippen molar-refractivity contribution in [2.45, 2.75) is 50.1 Å². The Hall–Kier alpha value is -1.06. The van der Waals surface area contributed by atoms with Crippen molar-refractivity contribution < 1.29 is 4.74 Å². The molecular formula is C18H26N2O. The third kappa shape index (κ3) is 2.58. The highest BCUT2D eigenvalue weighted by Gasteiger charge is 2.39. The first-order chi connectivity index (χ1) is 10.4. The Bertz CT molecular complexity index is 496. The number of ether oxygens (including phenoxy) is 1. The van der Waals surface area contributed by atoms with Crippen LogP contribution in [-0.4, -0.2) is 36.7 Å². The van der Waals surface area contributed by atoms with Gasteiger partial charge in [-0.2, -0.15) is 0 Å². The summed E-state index contributed by atoms with van der Waals surface area (Å²) in [6.45, 7) is 4.38. The molecule has 2 heterocycles. The summed E-state index contributed by atoms with van der Waals surface area (Å²) >= 11 is 0. The number of rotatable bonds is 1. The van der Waals surface area contributed by atoms with Gasteiger partial charge in [-0.3, -0.25) is 4.90 Å². The number of para-hydroxylation sites is 1. The third-order valence-electron chi connectivity index (χ3n) is 5.55. The van der Waals surface area contributed by atoms with Crippen molar-refractivity contribution in [2.75, 3.05) is 26.2 Å². The molecule has 1 unspecified atom stereocenters. The van der Waals surface area contributed by atoms with Crippen LogP contribution in [0.3, 0.4) is 0 Å². The Labute approximate surface area is 127 Å². The van der Waals surface area contributed by atoms with Crippen LogP contribution in [0, 0.1) is 0 Å². The topological polar surface area (TPSA) is 24.5 Å². The van der Waals surface area contributed by atoms with Gasteiger partial charge in [-0.05, 0) is 31.9 Å². The molecule has 1 aromatic carbocycles. The minimum atomic E-state index is 0.367. The highest BCUT2D eigenvalue weighted by molar-refractivity contribution is 5.39. The second-order valence-electron chi connectivity index (χ2n) is 6.96. The Morgan fingerprint density at radius 1 is 1.10 bits per heavy atom. The molecule has 1 aromatic rings. The highest BCUT2D eigenvalue weighted by atomic mass is 16.5. The van der Waals surface area contributed by atoms with E-state index in [1.165, 1.54) is 63.7 Å². The number of hydrogen-bond donors (Lipinski definition) is 1. The standard InChI is InChI=1S/C18H26N2O/c1-4-9-18(10-5-1)14-20(12-6-11-19-18)16-13-21-17-8-3-2-7-15(16)17/h2-3,7-8,16,19H,1,4-6,9-14H2. The fourth-order valence-electron chi connectivity index (χ4n) is 4.44. The molecule has 2 fully saturated rings. The Morgan fingerprint density at radius 2 is 1.95 bits per heavy atom. The zero-order valence-corrected chi connectivity index (χ0v) is 12.8. The first kappa shape index (κ1) is 13.6. The van der Waals surface area contributed by atoms with Crippen LogP contribution in [0.2, 0.25) is 0 Å². The van der Waals surface area contributed by atoms with E-state index in [1.807, 2.05) is 0 Å². The molecule has 2 aliphatic heterocycles. The minimum Gasteiger partial charge on any atom is -0.491 e. The summed E-state index contributed by atoms with van der Waals surface area (Å²) in [7, 11) is 0. The van der Waals surface area contributed by atoms with Gasteiger partial charge in [0.05, 0.1) is 6.04 Å². The summed E-state index contributed by atoms with van der Waals surface area (Å²) in [6.07, 6.45) is 8.13. The van der Waals surface area contributed by atoms with Crippen molar-refractivity contribution >= 4 is 0 Å². The van der Waals surface area contributed by atoms with Gasteiger partial charge in [0.25, 0.3) is 0 Å². The van der Waals surface area contributed by atoms with E-state index in [4.69, 9.17) is 4.74 Å². The lowest BCUT2D eigenvalue weighted by Crippen LogP contribution is -2.53. The fraction of sp³-hybridized carbons (Fsp3) is 0.667. The van der Waals surface area contributed by atoms with Crippen molar-refractivity contribution in [3.63, 3.8) is 0 Å². The van der Waals surface area contributed by atoms with Crippen LogP contribution in [0.5, 0.6) is 5.75 Å². The molecule has 1 aliphatic carbocycles. The lowest BCUT2D eigenvalue weighted by molar-refractivity contribution is 0.113. The van der Waals surface area contributed by atoms with Crippen LogP contribution in [0.1, 0.15) is 50.1 Å². The number of fused-ring (bicyclic) bond motifs is 1. The summed E-state index contributed by atoms with van der Waals surface area (Å²) in [6, 6.07) is 9.04. The van der Waals surface area contributed by atoms with Crippen LogP contribution >= 0.6 is 0 Å². The van der Waals surface area contributed by atoms with Gasteiger partial charge in [-0.1, -0.05) is 37.5 Å².